The number of rotatable bonds is 0. The van der Waals surface area contributed by atoms with Gasteiger partial charge in [0.1, 0.15) is 4.60 Å². The van der Waals surface area contributed by atoms with Crippen LogP contribution in [0.3, 0.4) is 0 Å². The number of aromatic nitrogens is 2. The van der Waals surface area contributed by atoms with Gasteiger partial charge in [0, 0.05) is 0 Å². The summed E-state index contributed by atoms with van der Waals surface area (Å²) in [6.45, 7) is 0. The third kappa shape index (κ3) is 1.49. The van der Waals surface area contributed by atoms with Gasteiger partial charge >= 0.3 is 5.76 Å². The molecule has 4 nitrogen and oxygen atoms in total. The van der Waals surface area contributed by atoms with E-state index in [9.17, 15) is 4.79 Å². The normalized spacial score (nSPS) is 11.0. The van der Waals surface area contributed by atoms with E-state index in [0.29, 0.717) is 24.8 Å². The third-order valence-corrected chi connectivity index (χ3v) is 4.58. The summed E-state index contributed by atoms with van der Waals surface area (Å²) in [5.41, 5.74) is 0.812. The first-order valence-electron chi connectivity index (χ1n) is 3.13. The lowest BCUT2D eigenvalue weighted by atomic mass is 10.5. The van der Waals surface area contributed by atoms with Gasteiger partial charge in [0.05, 0.1) is 8.95 Å². The van der Waals surface area contributed by atoms with Gasteiger partial charge in [-0.2, -0.15) is 0 Å². The molecule has 0 bridgehead atoms. The van der Waals surface area contributed by atoms with E-state index in [2.05, 4.69) is 57.8 Å². The second kappa shape index (κ2) is 3.21. The Balaban J connectivity index is 3.00. The highest BCUT2D eigenvalue weighted by Gasteiger charge is 2.13. The molecule has 0 aliphatic rings. The second-order valence-electron chi connectivity index (χ2n) is 2.22. The lowest BCUT2D eigenvalue weighted by molar-refractivity contribution is 0.553. The van der Waals surface area contributed by atoms with Crippen molar-refractivity contribution in [3.05, 3.63) is 24.1 Å². The van der Waals surface area contributed by atoms with Crippen molar-refractivity contribution in [2.75, 3.05) is 0 Å². The highest BCUT2D eigenvalue weighted by Crippen LogP contribution is 2.34. The standard InChI is InChI=1S/C6HBr3N2O2/c7-1-2(8)4(9)10-5-3(1)13-6(12)11-5/h(H,10,11,12). The van der Waals surface area contributed by atoms with Gasteiger partial charge in [0.15, 0.2) is 11.2 Å². The van der Waals surface area contributed by atoms with Crippen LogP contribution in [0.15, 0.2) is 22.8 Å². The van der Waals surface area contributed by atoms with Crippen LogP contribution in [0.5, 0.6) is 0 Å². The van der Waals surface area contributed by atoms with Crippen molar-refractivity contribution in [3.63, 3.8) is 0 Å². The van der Waals surface area contributed by atoms with Gasteiger partial charge in [-0.3, -0.25) is 4.98 Å². The Bertz CT molecular complexity index is 530. The fourth-order valence-corrected chi connectivity index (χ4v) is 2.25. The molecule has 0 fully saturated rings. The van der Waals surface area contributed by atoms with Crippen molar-refractivity contribution in [2.24, 2.45) is 0 Å². The summed E-state index contributed by atoms with van der Waals surface area (Å²) in [4.78, 5) is 17.4. The van der Waals surface area contributed by atoms with Gasteiger partial charge in [-0.15, -0.1) is 0 Å². The number of nitrogens with one attached hydrogen (secondary N) is 1. The lowest BCUT2D eigenvalue weighted by Gasteiger charge is -1.97. The fraction of sp³-hybridized carbons (Fsp3) is 0. The van der Waals surface area contributed by atoms with Crippen molar-refractivity contribution in [2.45, 2.75) is 0 Å². The average Bonchev–Trinajstić information content (AvgIpc) is 2.42. The van der Waals surface area contributed by atoms with Crippen LogP contribution in [0.1, 0.15) is 0 Å². The minimum Gasteiger partial charge on any atom is -0.405 e. The van der Waals surface area contributed by atoms with Crippen molar-refractivity contribution < 1.29 is 4.42 Å². The molecule has 2 heterocycles. The molecule has 68 valence electrons. The Labute approximate surface area is 97.1 Å². The summed E-state index contributed by atoms with van der Waals surface area (Å²) in [6, 6.07) is 0. The first-order chi connectivity index (χ1) is 6.09. The highest BCUT2D eigenvalue weighted by molar-refractivity contribution is 9.14. The zero-order valence-corrected chi connectivity index (χ0v) is 10.7. The smallest absolute Gasteiger partial charge is 0.405 e. The van der Waals surface area contributed by atoms with E-state index in [1.165, 1.54) is 0 Å². The molecule has 0 unspecified atom stereocenters. The van der Waals surface area contributed by atoms with Crippen molar-refractivity contribution in [1.29, 1.82) is 0 Å². The molecule has 0 atom stereocenters. The Kier molecular flexibility index (Phi) is 2.33. The van der Waals surface area contributed by atoms with Crippen LogP contribution < -0.4 is 5.76 Å². The van der Waals surface area contributed by atoms with Gasteiger partial charge < -0.3 is 4.42 Å². The van der Waals surface area contributed by atoms with Crippen LogP contribution in [0.25, 0.3) is 11.2 Å². The maximum atomic E-state index is 10.9. The van der Waals surface area contributed by atoms with Crippen molar-refractivity contribution >= 4 is 59.0 Å². The van der Waals surface area contributed by atoms with Gasteiger partial charge in [-0.1, -0.05) is 0 Å². The van der Waals surface area contributed by atoms with E-state index in [4.69, 9.17) is 4.42 Å². The van der Waals surface area contributed by atoms with E-state index >= 15 is 0 Å². The van der Waals surface area contributed by atoms with Crippen LogP contribution in [-0.4, -0.2) is 9.97 Å². The predicted molar refractivity (Wildman–Crippen MR) is 57.7 cm³/mol. The van der Waals surface area contributed by atoms with Crippen LogP contribution in [-0.2, 0) is 0 Å². The monoisotopic (exact) mass is 370 g/mol. The maximum absolute atomic E-state index is 10.9. The highest BCUT2D eigenvalue weighted by atomic mass is 79.9. The largest absolute Gasteiger partial charge is 0.418 e. The Morgan fingerprint density at radius 1 is 1.23 bits per heavy atom. The summed E-state index contributed by atoms with van der Waals surface area (Å²) in [5, 5.41) is 0. The molecule has 0 aliphatic heterocycles. The number of aromatic amines is 1. The molecule has 2 aromatic rings. The number of pyridine rings is 1. The summed E-state index contributed by atoms with van der Waals surface area (Å²) < 4.78 is 6.83. The molecule has 0 radical (unpaired) electrons. The van der Waals surface area contributed by atoms with Gasteiger partial charge in [0.2, 0.25) is 0 Å². The number of halogens is 3. The lowest BCUT2D eigenvalue weighted by Crippen LogP contribution is -1.93. The molecule has 0 saturated heterocycles. The quantitative estimate of drug-likeness (QED) is 0.723. The summed E-state index contributed by atoms with van der Waals surface area (Å²) in [5.74, 6) is -0.520. The number of fused-ring (bicyclic) bond motifs is 1. The summed E-state index contributed by atoms with van der Waals surface area (Å²) in [6.07, 6.45) is 0. The maximum Gasteiger partial charge on any atom is 0.418 e. The van der Waals surface area contributed by atoms with Crippen LogP contribution >= 0.6 is 47.8 Å². The molecular formula is C6HBr3N2O2. The van der Waals surface area contributed by atoms with E-state index in [0.717, 1.165) is 0 Å². The Hall–Kier alpha value is -0.140. The van der Waals surface area contributed by atoms with Gasteiger partial charge in [-0.05, 0) is 47.8 Å². The molecule has 2 aromatic heterocycles. The molecule has 7 heteroatoms. The molecule has 0 aromatic carbocycles. The Morgan fingerprint density at radius 3 is 2.62 bits per heavy atom. The predicted octanol–water partition coefficient (Wildman–Crippen LogP) is 2.80. The van der Waals surface area contributed by atoms with Gasteiger partial charge in [-0.25, -0.2) is 9.78 Å². The van der Waals surface area contributed by atoms with Gasteiger partial charge in [0.25, 0.3) is 0 Å². The number of H-pyrrole nitrogens is 1. The first-order valence-corrected chi connectivity index (χ1v) is 5.51. The average molecular weight is 373 g/mol. The zero-order valence-electron chi connectivity index (χ0n) is 5.90. The fourth-order valence-electron chi connectivity index (χ4n) is 0.885. The number of oxazole rings is 1. The van der Waals surface area contributed by atoms with E-state index in [1.54, 1.807) is 0 Å². The summed E-state index contributed by atoms with van der Waals surface area (Å²) in [7, 11) is 0. The van der Waals surface area contributed by atoms with Crippen molar-refractivity contribution in [3.8, 4) is 0 Å². The minimum atomic E-state index is -0.520. The number of nitrogens with zero attached hydrogens (tertiary/aromatic N) is 1. The van der Waals surface area contributed by atoms with E-state index in [1.807, 2.05) is 0 Å². The molecule has 13 heavy (non-hydrogen) atoms. The molecule has 0 aliphatic carbocycles. The van der Waals surface area contributed by atoms with Crippen LogP contribution in [0, 0.1) is 0 Å². The van der Waals surface area contributed by atoms with Crippen molar-refractivity contribution in [1.82, 2.24) is 9.97 Å². The molecule has 0 spiro atoms. The molecule has 0 saturated carbocycles. The van der Waals surface area contributed by atoms with E-state index in [-0.39, 0.29) is 0 Å². The first kappa shape index (κ1) is 9.42. The van der Waals surface area contributed by atoms with E-state index < -0.39 is 5.76 Å². The van der Waals surface area contributed by atoms with Crippen LogP contribution in [0.4, 0.5) is 0 Å². The molecular weight excluding hydrogens is 372 g/mol. The minimum absolute atomic E-state index is 0.403. The molecule has 0 amide bonds. The third-order valence-electron chi connectivity index (χ3n) is 1.41. The Morgan fingerprint density at radius 2 is 1.92 bits per heavy atom. The number of hydrogen-bond donors (Lipinski definition) is 1. The number of hydrogen-bond acceptors (Lipinski definition) is 3. The topological polar surface area (TPSA) is 58.9 Å². The molecule has 1 N–H and O–H groups in total. The summed E-state index contributed by atoms with van der Waals surface area (Å²) >= 11 is 9.78. The SMILES string of the molecule is O=c1[nH]c2nc(Br)c(Br)c(Br)c2o1. The molecule has 2 rings (SSSR count). The van der Waals surface area contributed by atoms with Crippen LogP contribution in [0.2, 0.25) is 0 Å². The second-order valence-corrected chi connectivity index (χ2v) is 4.56. The zero-order chi connectivity index (χ0) is 9.59.